The number of hydrogen-bond acceptors (Lipinski definition) is 3. The van der Waals surface area contributed by atoms with Gasteiger partial charge in [-0.05, 0) is 24.6 Å². The van der Waals surface area contributed by atoms with E-state index in [0.717, 1.165) is 5.56 Å². The van der Waals surface area contributed by atoms with Crippen LogP contribution in [0.2, 0.25) is 0 Å². The van der Waals surface area contributed by atoms with Crippen molar-refractivity contribution in [3.8, 4) is 5.75 Å². The Bertz CT molecular complexity index is 746. The quantitative estimate of drug-likeness (QED) is 0.810. The largest absolute Gasteiger partial charge is 0.491 e. The SMILES string of the molecule is O=C(NCc1ccccc1OCCO)C1CC1c1c(F)cccc1F. The van der Waals surface area contributed by atoms with Crippen molar-refractivity contribution in [2.45, 2.75) is 18.9 Å². The smallest absolute Gasteiger partial charge is 0.224 e. The zero-order chi connectivity index (χ0) is 17.8. The van der Waals surface area contributed by atoms with E-state index in [2.05, 4.69) is 5.32 Å². The molecule has 0 saturated heterocycles. The minimum atomic E-state index is -0.608. The third-order valence-corrected chi connectivity index (χ3v) is 4.27. The Morgan fingerprint density at radius 3 is 2.60 bits per heavy atom. The summed E-state index contributed by atoms with van der Waals surface area (Å²) in [4.78, 5) is 12.3. The van der Waals surface area contributed by atoms with Crippen molar-refractivity contribution in [2.24, 2.45) is 5.92 Å². The molecule has 25 heavy (non-hydrogen) atoms. The summed E-state index contributed by atoms with van der Waals surface area (Å²) >= 11 is 0. The van der Waals surface area contributed by atoms with E-state index >= 15 is 0 Å². The first kappa shape index (κ1) is 17.4. The fraction of sp³-hybridized carbons (Fsp3) is 0.316. The van der Waals surface area contributed by atoms with Gasteiger partial charge < -0.3 is 15.2 Å². The summed E-state index contributed by atoms with van der Waals surface area (Å²) in [5.74, 6) is -1.70. The van der Waals surface area contributed by atoms with Crippen LogP contribution in [0.25, 0.3) is 0 Å². The fourth-order valence-corrected chi connectivity index (χ4v) is 2.93. The van der Waals surface area contributed by atoms with Crippen molar-refractivity contribution in [3.05, 3.63) is 65.2 Å². The number of hydrogen-bond donors (Lipinski definition) is 2. The number of amides is 1. The summed E-state index contributed by atoms with van der Waals surface area (Å²) in [5, 5.41) is 11.6. The van der Waals surface area contributed by atoms with Gasteiger partial charge in [0.25, 0.3) is 0 Å². The van der Waals surface area contributed by atoms with E-state index < -0.39 is 23.5 Å². The average Bonchev–Trinajstić information content (AvgIpc) is 3.39. The van der Waals surface area contributed by atoms with E-state index in [1.54, 1.807) is 12.1 Å². The summed E-state index contributed by atoms with van der Waals surface area (Å²) in [7, 11) is 0. The molecule has 3 rings (SSSR count). The minimum absolute atomic E-state index is 0.00525. The standard InChI is InChI=1S/C19H19F2NO3/c20-15-5-3-6-16(21)18(15)13-10-14(13)19(24)22-11-12-4-1-2-7-17(12)25-9-8-23/h1-7,13-14,23H,8-11H2,(H,22,24). The van der Waals surface area contributed by atoms with Crippen molar-refractivity contribution in [2.75, 3.05) is 13.2 Å². The highest BCUT2D eigenvalue weighted by Crippen LogP contribution is 2.49. The summed E-state index contributed by atoms with van der Waals surface area (Å²) in [5.41, 5.74) is 0.771. The molecule has 6 heteroatoms. The summed E-state index contributed by atoms with van der Waals surface area (Å²) in [6, 6.07) is 10.9. The fourth-order valence-electron chi connectivity index (χ4n) is 2.93. The van der Waals surface area contributed by atoms with Gasteiger partial charge in [-0.3, -0.25) is 4.79 Å². The molecule has 2 N–H and O–H groups in total. The molecule has 4 nitrogen and oxygen atoms in total. The van der Waals surface area contributed by atoms with E-state index in [0.29, 0.717) is 12.2 Å². The summed E-state index contributed by atoms with van der Waals surface area (Å²) < 4.78 is 33.0. The Balaban J connectivity index is 1.60. The number of halogens is 2. The Hall–Kier alpha value is -2.47. The number of carbonyl (C=O) groups is 1. The normalized spacial score (nSPS) is 18.7. The molecular weight excluding hydrogens is 328 g/mol. The van der Waals surface area contributed by atoms with E-state index in [9.17, 15) is 13.6 Å². The molecule has 0 heterocycles. The first-order valence-electron chi connectivity index (χ1n) is 8.15. The lowest BCUT2D eigenvalue weighted by atomic mass is 10.1. The zero-order valence-electron chi connectivity index (χ0n) is 13.5. The number of aliphatic hydroxyl groups excluding tert-OH is 1. The molecule has 0 aliphatic heterocycles. The molecule has 0 bridgehead atoms. The van der Waals surface area contributed by atoms with Gasteiger partial charge in [-0.1, -0.05) is 24.3 Å². The molecule has 1 aliphatic carbocycles. The minimum Gasteiger partial charge on any atom is -0.491 e. The zero-order valence-corrected chi connectivity index (χ0v) is 13.5. The van der Waals surface area contributed by atoms with Gasteiger partial charge in [0.2, 0.25) is 5.91 Å². The van der Waals surface area contributed by atoms with Gasteiger partial charge in [0.1, 0.15) is 24.0 Å². The van der Waals surface area contributed by atoms with E-state index in [1.807, 2.05) is 12.1 Å². The van der Waals surface area contributed by atoms with E-state index in [4.69, 9.17) is 9.84 Å². The van der Waals surface area contributed by atoms with Gasteiger partial charge in [0, 0.05) is 29.5 Å². The van der Waals surface area contributed by atoms with Crippen LogP contribution in [-0.2, 0) is 11.3 Å². The molecule has 1 aliphatic rings. The molecule has 0 spiro atoms. The number of aliphatic hydroxyl groups is 1. The second-order valence-corrected chi connectivity index (χ2v) is 5.98. The van der Waals surface area contributed by atoms with Crippen LogP contribution >= 0.6 is 0 Å². The van der Waals surface area contributed by atoms with Crippen molar-refractivity contribution in [3.63, 3.8) is 0 Å². The lowest BCUT2D eigenvalue weighted by Crippen LogP contribution is -2.25. The molecule has 0 radical (unpaired) electrons. The third kappa shape index (κ3) is 3.96. The molecular formula is C19H19F2NO3. The average molecular weight is 347 g/mol. The van der Waals surface area contributed by atoms with Crippen molar-refractivity contribution in [1.29, 1.82) is 0 Å². The first-order chi connectivity index (χ1) is 12.1. The highest BCUT2D eigenvalue weighted by atomic mass is 19.1. The van der Waals surface area contributed by atoms with Crippen LogP contribution in [0.1, 0.15) is 23.5 Å². The Kier molecular flexibility index (Phi) is 5.28. The summed E-state index contributed by atoms with van der Waals surface area (Å²) in [6.07, 6.45) is 0.437. The van der Waals surface area contributed by atoms with Crippen molar-refractivity contribution >= 4 is 5.91 Å². The van der Waals surface area contributed by atoms with Gasteiger partial charge in [-0.2, -0.15) is 0 Å². The number of para-hydroxylation sites is 1. The number of nitrogens with one attached hydrogen (secondary N) is 1. The Labute approximate surface area is 144 Å². The van der Waals surface area contributed by atoms with Gasteiger partial charge in [0.05, 0.1) is 6.61 Å². The Morgan fingerprint density at radius 1 is 1.16 bits per heavy atom. The van der Waals surface area contributed by atoms with Crippen LogP contribution in [-0.4, -0.2) is 24.2 Å². The first-order valence-corrected chi connectivity index (χ1v) is 8.15. The molecule has 1 amide bonds. The van der Waals surface area contributed by atoms with Crippen molar-refractivity contribution < 1.29 is 23.4 Å². The van der Waals surface area contributed by atoms with Crippen LogP contribution in [0.15, 0.2) is 42.5 Å². The van der Waals surface area contributed by atoms with Crippen LogP contribution in [0.3, 0.4) is 0 Å². The number of ether oxygens (including phenoxy) is 1. The Morgan fingerprint density at radius 2 is 1.88 bits per heavy atom. The van der Waals surface area contributed by atoms with Crippen molar-refractivity contribution in [1.82, 2.24) is 5.32 Å². The maximum atomic E-state index is 13.8. The predicted molar refractivity (Wildman–Crippen MR) is 88.1 cm³/mol. The van der Waals surface area contributed by atoms with Crippen LogP contribution in [0.5, 0.6) is 5.75 Å². The molecule has 2 aromatic rings. The molecule has 0 aromatic heterocycles. The second kappa shape index (κ2) is 7.61. The lowest BCUT2D eigenvalue weighted by Gasteiger charge is -2.11. The maximum Gasteiger partial charge on any atom is 0.224 e. The van der Waals surface area contributed by atoms with Gasteiger partial charge >= 0.3 is 0 Å². The molecule has 132 valence electrons. The van der Waals surface area contributed by atoms with E-state index in [1.165, 1.54) is 18.2 Å². The number of rotatable bonds is 7. The maximum absolute atomic E-state index is 13.8. The highest BCUT2D eigenvalue weighted by Gasteiger charge is 2.46. The van der Waals surface area contributed by atoms with Crippen LogP contribution in [0.4, 0.5) is 8.78 Å². The molecule has 2 unspecified atom stereocenters. The lowest BCUT2D eigenvalue weighted by molar-refractivity contribution is -0.122. The number of benzene rings is 2. The molecule has 1 fully saturated rings. The third-order valence-electron chi connectivity index (χ3n) is 4.27. The molecule has 2 aromatic carbocycles. The predicted octanol–water partition coefficient (Wildman–Crippen LogP) is 2.76. The summed E-state index contributed by atoms with van der Waals surface area (Å²) in [6.45, 7) is 0.324. The highest BCUT2D eigenvalue weighted by molar-refractivity contribution is 5.83. The van der Waals surface area contributed by atoms with Crippen LogP contribution < -0.4 is 10.1 Å². The van der Waals surface area contributed by atoms with Gasteiger partial charge in [-0.15, -0.1) is 0 Å². The molecule has 2 atom stereocenters. The van der Waals surface area contributed by atoms with Gasteiger partial charge in [-0.25, -0.2) is 8.78 Å². The van der Waals surface area contributed by atoms with Gasteiger partial charge in [0.15, 0.2) is 0 Å². The van der Waals surface area contributed by atoms with E-state index in [-0.39, 0.29) is 31.2 Å². The van der Waals surface area contributed by atoms with Crippen LogP contribution in [0, 0.1) is 17.6 Å². The topological polar surface area (TPSA) is 58.6 Å². The monoisotopic (exact) mass is 347 g/mol. The molecule has 1 saturated carbocycles. The second-order valence-electron chi connectivity index (χ2n) is 5.98. The number of carbonyl (C=O) groups excluding carboxylic acids is 1.